The number of benzene rings is 1. The number of nitro groups is 1. The number of pyridine rings is 1. The summed E-state index contributed by atoms with van der Waals surface area (Å²) in [6.45, 7) is 3.55. The van der Waals surface area contributed by atoms with Gasteiger partial charge in [0, 0.05) is 49.4 Å². The van der Waals surface area contributed by atoms with E-state index in [1.807, 2.05) is 17.7 Å². The van der Waals surface area contributed by atoms with E-state index in [-0.39, 0.29) is 23.0 Å². The van der Waals surface area contributed by atoms with Gasteiger partial charge < -0.3 is 9.47 Å². The zero-order valence-corrected chi connectivity index (χ0v) is 16.5. The number of nitrogens with one attached hydrogen (secondary N) is 1. The van der Waals surface area contributed by atoms with Gasteiger partial charge in [-0.15, -0.1) is 0 Å². The van der Waals surface area contributed by atoms with E-state index in [0.29, 0.717) is 25.7 Å². The molecule has 1 N–H and O–H groups in total. The molecule has 3 heterocycles. The van der Waals surface area contributed by atoms with Crippen molar-refractivity contribution in [3.05, 3.63) is 70.3 Å². The summed E-state index contributed by atoms with van der Waals surface area (Å²) >= 11 is 0. The Morgan fingerprint density at radius 2 is 2.06 bits per heavy atom. The molecule has 1 saturated heterocycles. The number of hydrogen-bond donors (Lipinski definition) is 1. The average Bonchev–Trinajstić information content (AvgIpc) is 3.09. The van der Waals surface area contributed by atoms with E-state index in [2.05, 4.69) is 15.3 Å². The molecule has 9 nitrogen and oxygen atoms in total. The lowest BCUT2D eigenvalue weighted by atomic mass is 10.0. The first kappa shape index (κ1) is 20.4. The molecule has 0 aliphatic carbocycles. The molecule has 0 bridgehead atoms. The second-order valence-electron chi connectivity index (χ2n) is 7.36. The highest BCUT2D eigenvalue weighted by Crippen LogP contribution is 2.29. The lowest BCUT2D eigenvalue weighted by Crippen LogP contribution is -2.52. The van der Waals surface area contributed by atoms with Crippen LogP contribution in [0.4, 0.5) is 25.1 Å². The normalized spacial score (nSPS) is 13.7. The molecule has 2 aromatic heterocycles. The van der Waals surface area contributed by atoms with E-state index < -0.39 is 28.3 Å². The Hall–Kier alpha value is -3.89. The molecular weight excluding hydrogens is 410 g/mol. The number of rotatable bonds is 5. The molecule has 11 heteroatoms. The number of carbonyl (C=O) groups excluding carboxylic acids is 1. The van der Waals surface area contributed by atoms with Crippen molar-refractivity contribution in [3.8, 4) is 11.3 Å². The van der Waals surface area contributed by atoms with Crippen molar-refractivity contribution in [2.75, 3.05) is 18.4 Å². The number of aromatic nitrogens is 3. The van der Waals surface area contributed by atoms with Crippen molar-refractivity contribution in [3.63, 3.8) is 0 Å². The predicted molar refractivity (Wildman–Crippen MR) is 107 cm³/mol. The van der Waals surface area contributed by atoms with Crippen LogP contribution in [0.1, 0.15) is 5.69 Å². The van der Waals surface area contributed by atoms with Crippen LogP contribution < -0.4 is 5.32 Å². The SMILES string of the molecule is Cc1cn(CC2CN(C(=O)Nc3nc(-c4ccc(F)cc4F)ccc3[N+](=O)[O-])C2)cn1. The molecule has 3 aromatic rings. The maximum atomic E-state index is 14.1. The van der Waals surface area contributed by atoms with Gasteiger partial charge in [-0.3, -0.25) is 15.4 Å². The minimum atomic E-state index is -0.862. The number of urea groups is 1. The third kappa shape index (κ3) is 4.34. The summed E-state index contributed by atoms with van der Waals surface area (Å²) in [7, 11) is 0. The Morgan fingerprint density at radius 3 is 2.71 bits per heavy atom. The number of hydrogen-bond acceptors (Lipinski definition) is 5. The second-order valence-corrected chi connectivity index (χ2v) is 7.36. The first-order chi connectivity index (χ1) is 14.8. The fourth-order valence-electron chi connectivity index (χ4n) is 3.44. The van der Waals surface area contributed by atoms with E-state index in [4.69, 9.17) is 0 Å². The highest BCUT2D eigenvalue weighted by Gasteiger charge is 2.32. The maximum Gasteiger partial charge on any atom is 0.323 e. The first-order valence-electron chi connectivity index (χ1n) is 9.45. The molecule has 0 radical (unpaired) electrons. The van der Waals surface area contributed by atoms with Gasteiger partial charge >= 0.3 is 11.7 Å². The lowest BCUT2D eigenvalue weighted by Gasteiger charge is -2.39. The molecule has 4 rings (SSSR count). The van der Waals surface area contributed by atoms with E-state index in [1.54, 1.807) is 6.33 Å². The fourth-order valence-corrected chi connectivity index (χ4v) is 3.44. The monoisotopic (exact) mass is 428 g/mol. The van der Waals surface area contributed by atoms with Crippen molar-refractivity contribution in [1.29, 1.82) is 0 Å². The van der Waals surface area contributed by atoms with Crippen LogP contribution in [0.3, 0.4) is 0 Å². The average molecular weight is 428 g/mol. The van der Waals surface area contributed by atoms with Crippen LogP contribution in [0.25, 0.3) is 11.3 Å². The molecular formula is C20H18F2N6O3. The number of likely N-dealkylation sites (tertiary alicyclic amines) is 1. The standard InChI is InChI=1S/C20H18F2N6O3/c1-12-7-26(11-23-12)8-13-9-27(10-13)20(29)25-19-18(28(30)31)5-4-17(24-19)15-3-2-14(21)6-16(15)22/h2-7,11,13H,8-10H2,1H3,(H,24,25,29). The van der Waals surface area contributed by atoms with Gasteiger partial charge in [0.2, 0.25) is 5.82 Å². The Kier molecular flexibility index (Phi) is 5.32. The summed E-state index contributed by atoms with van der Waals surface area (Å²) < 4.78 is 29.2. The highest BCUT2D eigenvalue weighted by molar-refractivity contribution is 5.91. The third-order valence-electron chi connectivity index (χ3n) is 4.98. The smallest absolute Gasteiger partial charge is 0.323 e. The zero-order valence-electron chi connectivity index (χ0n) is 16.5. The summed E-state index contributed by atoms with van der Waals surface area (Å²) in [4.78, 5) is 32.9. The van der Waals surface area contributed by atoms with Crippen molar-refractivity contribution in [2.45, 2.75) is 13.5 Å². The van der Waals surface area contributed by atoms with Gasteiger partial charge in [-0.05, 0) is 25.1 Å². The Labute approximate surface area is 175 Å². The molecule has 1 aliphatic rings. The van der Waals surface area contributed by atoms with Gasteiger partial charge in [-0.2, -0.15) is 0 Å². The zero-order chi connectivity index (χ0) is 22.1. The van der Waals surface area contributed by atoms with Crippen molar-refractivity contribution in [2.24, 2.45) is 5.92 Å². The Morgan fingerprint density at radius 1 is 1.29 bits per heavy atom. The van der Waals surface area contributed by atoms with E-state index >= 15 is 0 Å². The summed E-state index contributed by atoms with van der Waals surface area (Å²) in [5.74, 6) is -1.68. The number of imidazole rings is 1. The maximum absolute atomic E-state index is 14.1. The van der Waals surface area contributed by atoms with Crippen molar-refractivity contribution >= 4 is 17.5 Å². The van der Waals surface area contributed by atoms with Crippen molar-refractivity contribution in [1.82, 2.24) is 19.4 Å². The van der Waals surface area contributed by atoms with Gasteiger partial charge in [0.1, 0.15) is 11.6 Å². The van der Waals surface area contributed by atoms with E-state index in [1.165, 1.54) is 17.0 Å². The number of nitrogens with zero attached hydrogens (tertiary/aromatic N) is 5. The summed E-state index contributed by atoms with van der Waals surface area (Å²) in [5, 5.41) is 13.8. The second kappa shape index (κ2) is 8.09. The molecule has 0 unspecified atom stereocenters. The lowest BCUT2D eigenvalue weighted by molar-refractivity contribution is -0.384. The number of halogens is 2. The first-order valence-corrected chi connectivity index (χ1v) is 9.45. The molecule has 31 heavy (non-hydrogen) atoms. The molecule has 2 amide bonds. The van der Waals surface area contributed by atoms with Crippen LogP contribution in [0, 0.1) is 34.6 Å². The molecule has 0 atom stereocenters. The van der Waals surface area contributed by atoms with Gasteiger partial charge in [0.25, 0.3) is 0 Å². The van der Waals surface area contributed by atoms with Crippen molar-refractivity contribution < 1.29 is 18.5 Å². The van der Waals surface area contributed by atoms with Gasteiger partial charge in [0.05, 0.1) is 22.6 Å². The third-order valence-corrected chi connectivity index (χ3v) is 4.98. The number of anilines is 1. The van der Waals surface area contributed by atoms with E-state index in [0.717, 1.165) is 17.8 Å². The van der Waals surface area contributed by atoms with Crippen LogP contribution >= 0.6 is 0 Å². The Balaban J connectivity index is 1.48. The number of carbonyl (C=O) groups is 1. The molecule has 160 valence electrons. The van der Waals surface area contributed by atoms with Crippen LogP contribution in [0.2, 0.25) is 0 Å². The number of aryl methyl sites for hydroxylation is 1. The fraction of sp³-hybridized carbons (Fsp3) is 0.250. The molecule has 1 aliphatic heterocycles. The topological polar surface area (TPSA) is 106 Å². The number of amides is 2. The molecule has 0 saturated carbocycles. The van der Waals surface area contributed by atoms with E-state index in [9.17, 15) is 23.7 Å². The van der Waals surface area contributed by atoms with Gasteiger partial charge in [-0.1, -0.05) is 0 Å². The van der Waals surface area contributed by atoms with Gasteiger partial charge in [-0.25, -0.2) is 23.5 Å². The van der Waals surface area contributed by atoms with Crippen LogP contribution in [0.5, 0.6) is 0 Å². The predicted octanol–water partition coefficient (Wildman–Crippen LogP) is 3.60. The highest BCUT2D eigenvalue weighted by atomic mass is 19.1. The molecule has 1 aromatic carbocycles. The molecule has 1 fully saturated rings. The quantitative estimate of drug-likeness (QED) is 0.494. The minimum absolute atomic E-state index is 0.0357. The largest absolute Gasteiger partial charge is 0.337 e. The van der Waals surface area contributed by atoms with Gasteiger partial charge in [0.15, 0.2) is 0 Å². The molecule has 0 spiro atoms. The van der Waals surface area contributed by atoms with Crippen LogP contribution in [0.15, 0.2) is 42.9 Å². The van der Waals surface area contributed by atoms with Crippen LogP contribution in [-0.4, -0.2) is 43.5 Å². The Bertz CT molecular complexity index is 1160. The summed E-state index contributed by atoms with van der Waals surface area (Å²) in [6, 6.07) is 4.77. The van der Waals surface area contributed by atoms with Crippen LogP contribution in [-0.2, 0) is 6.54 Å². The minimum Gasteiger partial charge on any atom is -0.337 e. The summed E-state index contributed by atoms with van der Waals surface area (Å²) in [6.07, 6.45) is 3.64. The summed E-state index contributed by atoms with van der Waals surface area (Å²) in [5.41, 5.74) is 0.483.